The molecule has 0 saturated carbocycles. The molecule has 0 atom stereocenters. The average Bonchev–Trinajstić information content (AvgIpc) is 2.43. The minimum atomic E-state index is -0.156. The quantitative estimate of drug-likeness (QED) is 0.753. The summed E-state index contributed by atoms with van der Waals surface area (Å²) in [7, 11) is 1.60. The smallest absolute Gasteiger partial charge is 0.253 e. The number of hydrogen-bond acceptors (Lipinski definition) is 3. The lowest BCUT2D eigenvalue weighted by Crippen LogP contribution is -2.19. The van der Waals surface area contributed by atoms with Gasteiger partial charge in [0.1, 0.15) is 0 Å². The van der Waals surface area contributed by atoms with Gasteiger partial charge in [-0.05, 0) is 52.7 Å². The standard InChI is InChI=1S/C15H16BrN3O/c1-9-4-3-5-12(14(9)16)19-13-8-10(17)6-7-11(13)15(20)18-2/h3-8,19H,17H2,1-2H3,(H,18,20). The number of amides is 1. The molecule has 1 amide bonds. The SMILES string of the molecule is CNC(=O)c1ccc(N)cc1Nc1cccc(C)c1Br. The largest absolute Gasteiger partial charge is 0.399 e. The number of benzene rings is 2. The number of carbonyl (C=O) groups excluding carboxylic acids is 1. The maximum atomic E-state index is 11.9. The number of nitrogens with two attached hydrogens (primary N) is 1. The van der Waals surface area contributed by atoms with E-state index in [1.165, 1.54) is 0 Å². The van der Waals surface area contributed by atoms with Gasteiger partial charge >= 0.3 is 0 Å². The van der Waals surface area contributed by atoms with Gasteiger partial charge in [-0.25, -0.2) is 0 Å². The van der Waals surface area contributed by atoms with Crippen molar-refractivity contribution in [2.24, 2.45) is 0 Å². The molecule has 0 saturated heterocycles. The van der Waals surface area contributed by atoms with Crippen LogP contribution in [0.4, 0.5) is 17.1 Å². The Kier molecular flexibility index (Phi) is 4.29. The van der Waals surface area contributed by atoms with E-state index in [1.807, 2.05) is 25.1 Å². The van der Waals surface area contributed by atoms with Crippen molar-refractivity contribution in [1.29, 1.82) is 0 Å². The number of nitrogen functional groups attached to an aromatic ring is 1. The summed E-state index contributed by atoms with van der Waals surface area (Å²) in [5.74, 6) is -0.156. The molecule has 20 heavy (non-hydrogen) atoms. The van der Waals surface area contributed by atoms with Gasteiger partial charge in [-0.3, -0.25) is 4.79 Å². The highest BCUT2D eigenvalue weighted by Gasteiger charge is 2.12. The van der Waals surface area contributed by atoms with E-state index < -0.39 is 0 Å². The van der Waals surface area contributed by atoms with Crippen molar-refractivity contribution < 1.29 is 4.79 Å². The van der Waals surface area contributed by atoms with Crippen molar-refractivity contribution in [3.05, 3.63) is 52.0 Å². The molecule has 104 valence electrons. The summed E-state index contributed by atoms with van der Waals surface area (Å²) >= 11 is 3.54. The molecule has 2 aromatic rings. The number of hydrogen-bond donors (Lipinski definition) is 3. The van der Waals surface area contributed by atoms with Crippen LogP contribution in [0.15, 0.2) is 40.9 Å². The number of halogens is 1. The van der Waals surface area contributed by atoms with Gasteiger partial charge in [-0.2, -0.15) is 0 Å². The van der Waals surface area contributed by atoms with Gasteiger partial charge in [0.05, 0.1) is 16.9 Å². The van der Waals surface area contributed by atoms with Crippen LogP contribution in [0.25, 0.3) is 0 Å². The summed E-state index contributed by atoms with van der Waals surface area (Å²) in [6.07, 6.45) is 0. The fraction of sp³-hybridized carbons (Fsp3) is 0.133. The van der Waals surface area contributed by atoms with Crippen LogP contribution >= 0.6 is 15.9 Å². The number of aryl methyl sites for hydroxylation is 1. The molecule has 0 aliphatic rings. The zero-order chi connectivity index (χ0) is 14.7. The average molecular weight is 334 g/mol. The molecular weight excluding hydrogens is 318 g/mol. The Morgan fingerprint density at radius 1 is 1.20 bits per heavy atom. The van der Waals surface area contributed by atoms with Crippen LogP contribution in [-0.2, 0) is 0 Å². The molecule has 0 spiro atoms. The first-order valence-electron chi connectivity index (χ1n) is 6.16. The topological polar surface area (TPSA) is 67.2 Å². The third-order valence-corrected chi connectivity index (χ3v) is 4.03. The predicted molar refractivity (Wildman–Crippen MR) is 86.4 cm³/mol. The second kappa shape index (κ2) is 5.96. The number of carbonyl (C=O) groups is 1. The van der Waals surface area contributed by atoms with E-state index in [9.17, 15) is 4.79 Å². The molecule has 0 heterocycles. The minimum Gasteiger partial charge on any atom is -0.399 e. The zero-order valence-corrected chi connectivity index (χ0v) is 12.9. The zero-order valence-electron chi connectivity index (χ0n) is 11.3. The second-order valence-corrected chi connectivity index (χ2v) is 5.24. The van der Waals surface area contributed by atoms with E-state index in [4.69, 9.17) is 5.73 Å². The van der Waals surface area contributed by atoms with E-state index in [1.54, 1.807) is 25.2 Å². The van der Waals surface area contributed by atoms with Gasteiger partial charge in [-0.15, -0.1) is 0 Å². The Bertz CT molecular complexity index is 656. The molecule has 0 radical (unpaired) electrons. The number of anilines is 3. The monoisotopic (exact) mass is 333 g/mol. The van der Waals surface area contributed by atoms with Crippen molar-refractivity contribution in [1.82, 2.24) is 5.32 Å². The molecule has 0 fully saturated rings. The predicted octanol–water partition coefficient (Wildman–Crippen LogP) is 3.44. The van der Waals surface area contributed by atoms with Crippen LogP contribution < -0.4 is 16.4 Å². The Balaban J connectivity index is 2.44. The lowest BCUT2D eigenvalue weighted by molar-refractivity contribution is 0.0964. The summed E-state index contributed by atoms with van der Waals surface area (Å²) < 4.78 is 0.963. The Morgan fingerprint density at radius 3 is 2.65 bits per heavy atom. The highest BCUT2D eigenvalue weighted by Crippen LogP contribution is 2.30. The van der Waals surface area contributed by atoms with Crippen LogP contribution in [0, 0.1) is 6.92 Å². The maximum Gasteiger partial charge on any atom is 0.253 e. The summed E-state index contributed by atoms with van der Waals surface area (Å²) in [6, 6.07) is 11.1. The summed E-state index contributed by atoms with van der Waals surface area (Å²) in [5, 5.41) is 5.87. The molecule has 0 aliphatic carbocycles. The van der Waals surface area contributed by atoms with Gasteiger partial charge in [-0.1, -0.05) is 12.1 Å². The highest BCUT2D eigenvalue weighted by atomic mass is 79.9. The second-order valence-electron chi connectivity index (χ2n) is 4.45. The third kappa shape index (κ3) is 2.93. The van der Waals surface area contributed by atoms with Gasteiger partial charge in [0.25, 0.3) is 5.91 Å². The summed E-state index contributed by atoms with van der Waals surface area (Å²) in [5.41, 5.74) is 9.64. The lowest BCUT2D eigenvalue weighted by atomic mass is 10.1. The van der Waals surface area contributed by atoms with Gasteiger partial charge < -0.3 is 16.4 Å². The normalized spacial score (nSPS) is 10.2. The molecule has 0 unspecified atom stereocenters. The first-order chi connectivity index (χ1) is 9.52. The first-order valence-corrected chi connectivity index (χ1v) is 6.96. The van der Waals surface area contributed by atoms with Crippen molar-refractivity contribution in [2.75, 3.05) is 18.1 Å². The van der Waals surface area contributed by atoms with E-state index in [0.29, 0.717) is 16.9 Å². The van der Waals surface area contributed by atoms with Crippen LogP contribution in [0.1, 0.15) is 15.9 Å². The molecule has 5 heteroatoms. The fourth-order valence-electron chi connectivity index (χ4n) is 1.89. The van der Waals surface area contributed by atoms with E-state index >= 15 is 0 Å². The first kappa shape index (κ1) is 14.4. The molecule has 0 aliphatic heterocycles. The minimum absolute atomic E-state index is 0.156. The van der Waals surface area contributed by atoms with E-state index in [2.05, 4.69) is 26.6 Å². The number of nitrogens with one attached hydrogen (secondary N) is 2. The van der Waals surface area contributed by atoms with Crippen LogP contribution in [0.2, 0.25) is 0 Å². The van der Waals surface area contributed by atoms with Gasteiger partial charge in [0, 0.05) is 17.2 Å². The van der Waals surface area contributed by atoms with Crippen LogP contribution in [0.3, 0.4) is 0 Å². The molecule has 2 rings (SSSR count). The van der Waals surface area contributed by atoms with Crippen molar-refractivity contribution in [3.8, 4) is 0 Å². The molecule has 2 aromatic carbocycles. The highest BCUT2D eigenvalue weighted by molar-refractivity contribution is 9.10. The Labute approximate surface area is 126 Å². The van der Waals surface area contributed by atoms with Crippen molar-refractivity contribution in [3.63, 3.8) is 0 Å². The Hall–Kier alpha value is -2.01. The van der Waals surface area contributed by atoms with Crippen molar-refractivity contribution >= 4 is 38.9 Å². The molecule has 4 nitrogen and oxygen atoms in total. The molecule has 0 aromatic heterocycles. The van der Waals surface area contributed by atoms with Crippen LogP contribution in [-0.4, -0.2) is 13.0 Å². The molecule has 0 bridgehead atoms. The van der Waals surface area contributed by atoms with E-state index in [0.717, 1.165) is 15.7 Å². The molecule has 4 N–H and O–H groups in total. The van der Waals surface area contributed by atoms with Gasteiger partial charge in [0.2, 0.25) is 0 Å². The number of rotatable bonds is 3. The lowest BCUT2D eigenvalue weighted by Gasteiger charge is -2.14. The van der Waals surface area contributed by atoms with E-state index in [-0.39, 0.29) is 5.91 Å². The summed E-state index contributed by atoms with van der Waals surface area (Å²) in [4.78, 5) is 11.9. The van der Waals surface area contributed by atoms with Gasteiger partial charge in [0.15, 0.2) is 0 Å². The Morgan fingerprint density at radius 2 is 1.95 bits per heavy atom. The third-order valence-electron chi connectivity index (χ3n) is 2.98. The summed E-state index contributed by atoms with van der Waals surface area (Å²) in [6.45, 7) is 2.01. The van der Waals surface area contributed by atoms with Crippen molar-refractivity contribution in [2.45, 2.75) is 6.92 Å². The fourth-order valence-corrected chi connectivity index (χ4v) is 2.25. The molecular formula is C15H16BrN3O. The maximum absolute atomic E-state index is 11.9. The van der Waals surface area contributed by atoms with Crippen LogP contribution in [0.5, 0.6) is 0 Å².